The summed E-state index contributed by atoms with van der Waals surface area (Å²) >= 11 is 0. The van der Waals surface area contributed by atoms with Crippen LogP contribution in [0.5, 0.6) is 0 Å². The summed E-state index contributed by atoms with van der Waals surface area (Å²) in [6.45, 7) is 1.97. The van der Waals surface area contributed by atoms with Gasteiger partial charge in [0.15, 0.2) is 11.5 Å². The summed E-state index contributed by atoms with van der Waals surface area (Å²) in [5.74, 6) is 0.521. The Balaban J connectivity index is 1.44. The number of likely N-dealkylation sites (tertiary alicyclic amines) is 1. The van der Waals surface area contributed by atoms with Crippen LogP contribution in [0.2, 0.25) is 0 Å². The number of nitrogens with zero attached hydrogens (tertiary/aromatic N) is 5. The molecule has 2 fully saturated rings. The van der Waals surface area contributed by atoms with Crippen molar-refractivity contribution in [3.63, 3.8) is 0 Å². The number of aromatic nitrogens is 3. The Hall–Kier alpha value is -2.82. The molecule has 1 atom stereocenters. The first kappa shape index (κ1) is 20.1. The van der Waals surface area contributed by atoms with Crippen LogP contribution in [0.1, 0.15) is 35.1 Å². The fraction of sp³-hybridized carbons (Fsp3) is 0.381. The highest BCUT2D eigenvalue weighted by molar-refractivity contribution is 7.89. The molecular formula is C21H23N5O4S. The maximum absolute atomic E-state index is 13.4. The number of carbonyl (C=O) groups is 1. The monoisotopic (exact) mass is 441 g/mol. The maximum Gasteiger partial charge on any atom is 0.254 e. The SMILES string of the molecule is O=C(c1cccc(S(=O)(=O)N2CCOCC2)c1)N1CCC[C@@H]1c1nnc2ccccn12. The van der Waals surface area contributed by atoms with Crippen LogP contribution >= 0.6 is 0 Å². The fourth-order valence-corrected chi connectivity index (χ4v) is 5.71. The van der Waals surface area contributed by atoms with E-state index in [1.54, 1.807) is 17.0 Å². The van der Waals surface area contributed by atoms with Crippen LogP contribution in [0.25, 0.3) is 5.65 Å². The molecule has 0 saturated carbocycles. The minimum atomic E-state index is -3.67. The second-order valence-corrected chi connectivity index (χ2v) is 9.63. The van der Waals surface area contributed by atoms with Gasteiger partial charge in [0, 0.05) is 31.4 Å². The topological polar surface area (TPSA) is 97.1 Å². The normalized spacial score (nSPS) is 20.4. The second kappa shape index (κ2) is 8.03. The quantitative estimate of drug-likeness (QED) is 0.612. The maximum atomic E-state index is 13.4. The molecular weight excluding hydrogens is 418 g/mol. The first-order valence-corrected chi connectivity index (χ1v) is 11.8. The summed E-state index contributed by atoms with van der Waals surface area (Å²) < 4.78 is 34.6. The van der Waals surface area contributed by atoms with Crippen molar-refractivity contribution >= 4 is 21.6 Å². The van der Waals surface area contributed by atoms with Gasteiger partial charge in [0.25, 0.3) is 5.91 Å². The molecule has 2 aliphatic heterocycles. The van der Waals surface area contributed by atoms with Crippen LogP contribution in [-0.2, 0) is 14.8 Å². The zero-order valence-electron chi connectivity index (χ0n) is 16.9. The first-order chi connectivity index (χ1) is 15.1. The molecule has 2 aromatic heterocycles. The molecule has 0 bridgehead atoms. The summed E-state index contributed by atoms with van der Waals surface area (Å²) in [5, 5.41) is 8.53. The largest absolute Gasteiger partial charge is 0.379 e. The summed E-state index contributed by atoms with van der Waals surface area (Å²) in [6, 6.07) is 11.8. The van der Waals surface area contributed by atoms with Gasteiger partial charge in [-0.2, -0.15) is 4.31 Å². The molecule has 4 heterocycles. The van der Waals surface area contributed by atoms with Crippen molar-refractivity contribution in [1.82, 2.24) is 23.8 Å². The van der Waals surface area contributed by atoms with E-state index in [1.165, 1.54) is 16.4 Å². The van der Waals surface area contributed by atoms with Gasteiger partial charge in [-0.3, -0.25) is 9.20 Å². The lowest BCUT2D eigenvalue weighted by molar-refractivity contribution is 0.0725. The van der Waals surface area contributed by atoms with Crippen LogP contribution in [-0.4, -0.2) is 71.0 Å². The minimum Gasteiger partial charge on any atom is -0.379 e. The Kier molecular flexibility index (Phi) is 5.20. The van der Waals surface area contributed by atoms with E-state index in [0.717, 1.165) is 24.3 Å². The third-order valence-electron chi connectivity index (χ3n) is 5.84. The number of rotatable bonds is 4. The number of sulfonamides is 1. The summed E-state index contributed by atoms with van der Waals surface area (Å²) in [4.78, 5) is 15.3. The van der Waals surface area contributed by atoms with E-state index in [1.807, 2.05) is 28.8 Å². The van der Waals surface area contributed by atoms with Gasteiger partial charge in [0.05, 0.1) is 24.2 Å². The molecule has 5 rings (SSSR count). The third kappa shape index (κ3) is 3.60. The van der Waals surface area contributed by atoms with Crippen LogP contribution in [0.3, 0.4) is 0 Å². The minimum absolute atomic E-state index is 0.129. The number of carbonyl (C=O) groups excluding carboxylic acids is 1. The van der Waals surface area contributed by atoms with Gasteiger partial charge in [0.2, 0.25) is 10.0 Å². The van der Waals surface area contributed by atoms with Crippen molar-refractivity contribution in [1.29, 1.82) is 0 Å². The Morgan fingerprint density at radius 3 is 2.71 bits per heavy atom. The average molecular weight is 442 g/mol. The number of amides is 1. The Bertz CT molecular complexity index is 1220. The zero-order valence-corrected chi connectivity index (χ0v) is 17.7. The van der Waals surface area contributed by atoms with Crippen molar-refractivity contribution in [3.05, 3.63) is 60.0 Å². The lowest BCUT2D eigenvalue weighted by atomic mass is 10.1. The number of morpholine rings is 1. The Labute approximate surface area is 180 Å². The van der Waals surface area contributed by atoms with Crippen molar-refractivity contribution in [2.24, 2.45) is 0 Å². The van der Waals surface area contributed by atoms with E-state index < -0.39 is 10.0 Å². The molecule has 1 aromatic carbocycles. The zero-order chi connectivity index (χ0) is 21.4. The number of hydrogen-bond acceptors (Lipinski definition) is 6. The van der Waals surface area contributed by atoms with Gasteiger partial charge in [-0.15, -0.1) is 10.2 Å². The molecule has 10 heteroatoms. The van der Waals surface area contributed by atoms with E-state index in [9.17, 15) is 13.2 Å². The standard InChI is InChI=1S/C21H23N5O4S/c27-21(16-5-3-6-17(15-16)31(28,29)24-11-13-30-14-12-24)25-10-4-7-18(25)20-23-22-19-8-1-2-9-26(19)20/h1-3,5-6,8-9,15,18H,4,7,10-14H2/t18-/m1/s1. The van der Waals surface area contributed by atoms with Crippen LogP contribution in [0.15, 0.2) is 53.6 Å². The highest BCUT2D eigenvalue weighted by Gasteiger charge is 2.34. The molecule has 2 saturated heterocycles. The van der Waals surface area contributed by atoms with E-state index in [0.29, 0.717) is 38.4 Å². The van der Waals surface area contributed by atoms with Gasteiger partial charge >= 0.3 is 0 Å². The summed E-state index contributed by atoms with van der Waals surface area (Å²) in [5.41, 5.74) is 1.09. The smallest absolute Gasteiger partial charge is 0.254 e. The van der Waals surface area contributed by atoms with Crippen molar-refractivity contribution in [2.45, 2.75) is 23.8 Å². The van der Waals surface area contributed by atoms with E-state index in [-0.39, 0.29) is 16.8 Å². The van der Waals surface area contributed by atoms with Gasteiger partial charge in [-0.05, 0) is 43.2 Å². The number of pyridine rings is 1. The Morgan fingerprint density at radius 1 is 1.03 bits per heavy atom. The molecule has 1 amide bonds. The van der Waals surface area contributed by atoms with Crippen LogP contribution in [0, 0.1) is 0 Å². The van der Waals surface area contributed by atoms with Crippen LogP contribution in [0.4, 0.5) is 0 Å². The molecule has 31 heavy (non-hydrogen) atoms. The molecule has 0 radical (unpaired) electrons. The second-order valence-electron chi connectivity index (χ2n) is 7.69. The van der Waals surface area contributed by atoms with E-state index >= 15 is 0 Å². The molecule has 3 aromatic rings. The molecule has 0 spiro atoms. The highest BCUT2D eigenvalue weighted by Crippen LogP contribution is 2.32. The van der Waals surface area contributed by atoms with E-state index in [4.69, 9.17) is 4.74 Å². The van der Waals surface area contributed by atoms with Gasteiger partial charge in [0.1, 0.15) is 0 Å². The third-order valence-corrected chi connectivity index (χ3v) is 7.74. The lowest BCUT2D eigenvalue weighted by Gasteiger charge is -2.26. The van der Waals surface area contributed by atoms with Crippen LogP contribution < -0.4 is 0 Å². The number of benzene rings is 1. The van der Waals surface area contributed by atoms with Gasteiger partial charge < -0.3 is 9.64 Å². The lowest BCUT2D eigenvalue weighted by Crippen LogP contribution is -2.40. The average Bonchev–Trinajstić information content (AvgIpc) is 3.46. The number of hydrogen-bond donors (Lipinski definition) is 0. The molecule has 162 valence electrons. The van der Waals surface area contributed by atoms with Crippen molar-refractivity contribution < 1.29 is 17.9 Å². The Morgan fingerprint density at radius 2 is 1.87 bits per heavy atom. The molecule has 0 N–H and O–H groups in total. The predicted octanol–water partition coefficient (Wildman–Crippen LogP) is 1.73. The summed E-state index contributed by atoms with van der Waals surface area (Å²) in [7, 11) is -3.67. The van der Waals surface area contributed by atoms with Crippen molar-refractivity contribution in [2.75, 3.05) is 32.8 Å². The first-order valence-electron chi connectivity index (χ1n) is 10.3. The summed E-state index contributed by atoms with van der Waals surface area (Å²) in [6.07, 6.45) is 3.53. The molecule has 2 aliphatic rings. The van der Waals surface area contributed by atoms with Gasteiger partial charge in [-0.1, -0.05) is 12.1 Å². The molecule has 0 aliphatic carbocycles. The number of ether oxygens (including phenoxy) is 1. The van der Waals surface area contributed by atoms with Crippen molar-refractivity contribution in [3.8, 4) is 0 Å². The number of fused-ring (bicyclic) bond motifs is 1. The predicted molar refractivity (Wildman–Crippen MR) is 112 cm³/mol. The molecule has 0 unspecified atom stereocenters. The van der Waals surface area contributed by atoms with Gasteiger partial charge in [-0.25, -0.2) is 8.42 Å². The highest BCUT2D eigenvalue weighted by atomic mass is 32.2. The molecule has 9 nitrogen and oxygen atoms in total. The van der Waals surface area contributed by atoms with E-state index in [2.05, 4.69) is 10.2 Å². The fourth-order valence-electron chi connectivity index (χ4n) is 4.26.